The van der Waals surface area contributed by atoms with Crippen LogP contribution in [-0.4, -0.2) is 36.5 Å². The fourth-order valence-electron chi connectivity index (χ4n) is 1.81. The summed E-state index contributed by atoms with van der Waals surface area (Å²) in [6.07, 6.45) is 1.62. The fourth-order valence-corrected chi connectivity index (χ4v) is 2.58. The molecule has 24 heavy (non-hydrogen) atoms. The lowest BCUT2D eigenvalue weighted by atomic mass is 10.2. The number of carbonyl (C=O) groups is 3. The largest absolute Gasteiger partial charge is 0.465 e. The third-order valence-corrected chi connectivity index (χ3v) is 3.89. The third-order valence-electron chi connectivity index (χ3n) is 3.00. The number of nitrogens with one attached hydrogen (secondary N) is 1. The number of pyridine rings is 1. The van der Waals surface area contributed by atoms with Gasteiger partial charge < -0.3 is 14.8 Å². The van der Waals surface area contributed by atoms with Crippen molar-refractivity contribution in [2.75, 3.05) is 19.0 Å². The maximum atomic E-state index is 11.8. The molecule has 0 saturated carbocycles. The molecule has 2 aromatic rings. The van der Waals surface area contributed by atoms with Gasteiger partial charge in [-0.3, -0.25) is 14.6 Å². The molecule has 1 N–H and O–H groups in total. The number of hydrogen-bond donors (Lipinski definition) is 1. The summed E-state index contributed by atoms with van der Waals surface area (Å²) >= 11 is 1.15. The Kier molecular flexibility index (Phi) is 6.02. The number of carbonyl (C=O) groups excluding carboxylic acids is 3. The van der Waals surface area contributed by atoms with Gasteiger partial charge in [0.25, 0.3) is 5.91 Å². The van der Waals surface area contributed by atoms with E-state index in [2.05, 4.69) is 15.0 Å². The maximum Gasteiger partial charge on any atom is 0.350 e. The number of hydrogen-bond acceptors (Lipinski definition) is 7. The second kappa shape index (κ2) is 8.21. The number of thiophene rings is 1. The second-order valence-electron chi connectivity index (χ2n) is 4.85. The van der Waals surface area contributed by atoms with Gasteiger partial charge in [-0.05, 0) is 30.0 Å². The van der Waals surface area contributed by atoms with Crippen molar-refractivity contribution in [3.63, 3.8) is 0 Å². The van der Waals surface area contributed by atoms with Crippen molar-refractivity contribution in [3.8, 4) is 0 Å². The van der Waals surface area contributed by atoms with Crippen molar-refractivity contribution < 1.29 is 23.9 Å². The Labute approximate surface area is 142 Å². The van der Waals surface area contributed by atoms with Crippen LogP contribution in [0.4, 0.5) is 5.69 Å². The minimum absolute atomic E-state index is 0.0341. The number of nitrogens with zero attached hydrogens (tertiary/aromatic N) is 1. The van der Waals surface area contributed by atoms with Gasteiger partial charge in [-0.15, -0.1) is 11.3 Å². The zero-order valence-corrected chi connectivity index (χ0v) is 14.0. The van der Waals surface area contributed by atoms with E-state index in [4.69, 9.17) is 4.74 Å². The van der Waals surface area contributed by atoms with Crippen LogP contribution in [0.5, 0.6) is 0 Å². The number of anilines is 1. The second-order valence-corrected chi connectivity index (χ2v) is 5.76. The highest BCUT2D eigenvalue weighted by Crippen LogP contribution is 2.22. The van der Waals surface area contributed by atoms with Crippen LogP contribution in [0, 0.1) is 6.92 Å². The molecule has 7 nitrogen and oxygen atoms in total. The molecule has 126 valence electrons. The van der Waals surface area contributed by atoms with Crippen LogP contribution in [-0.2, 0) is 25.5 Å². The van der Waals surface area contributed by atoms with Crippen molar-refractivity contribution in [3.05, 3.63) is 45.9 Å². The molecule has 0 bridgehead atoms. The average Bonchev–Trinajstić information content (AvgIpc) is 3.02. The van der Waals surface area contributed by atoms with Crippen LogP contribution in [0.2, 0.25) is 0 Å². The smallest absolute Gasteiger partial charge is 0.350 e. The number of amides is 1. The van der Waals surface area contributed by atoms with Gasteiger partial charge in [0.15, 0.2) is 6.61 Å². The first kappa shape index (κ1) is 17.6. The lowest BCUT2D eigenvalue weighted by molar-refractivity contribution is -0.146. The van der Waals surface area contributed by atoms with Crippen LogP contribution < -0.4 is 5.32 Å². The van der Waals surface area contributed by atoms with Crippen LogP contribution in [0.1, 0.15) is 20.9 Å². The Hall–Kier alpha value is -2.74. The zero-order chi connectivity index (χ0) is 17.5. The molecule has 2 heterocycles. The lowest BCUT2D eigenvalue weighted by Crippen LogP contribution is -2.22. The highest BCUT2D eigenvalue weighted by molar-refractivity contribution is 7.12. The highest BCUT2D eigenvalue weighted by atomic mass is 32.1. The lowest BCUT2D eigenvalue weighted by Gasteiger charge is -2.07. The summed E-state index contributed by atoms with van der Waals surface area (Å²) in [4.78, 5) is 39.4. The van der Waals surface area contributed by atoms with E-state index >= 15 is 0 Å². The molecule has 0 aliphatic carbocycles. The van der Waals surface area contributed by atoms with Crippen molar-refractivity contribution in [2.45, 2.75) is 13.3 Å². The Morgan fingerprint density at radius 3 is 2.71 bits per heavy atom. The summed E-state index contributed by atoms with van der Waals surface area (Å²) in [7, 11) is 1.26. The molecule has 1 amide bonds. The van der Waals surface area contributed by atoms with Gasteiger partial charge in [0, 0.05) is 11.9 Å². The van der Waals surface area contributed by atoms with Crippen molar-refractivity contribution >= 4 is 34.9 Å². The van der Waals surface area contributed by atoms with E-state index in [1.54, 1.807) is 29.8 Å². The van der Waals surface area contributed by atoms with Gasteiger partial charge in [-0.25, -0.2) is 4.79 Å². The van der Waals surface area contributed by atoms with Crippen LogP contribution >= 0.6 is 11.3 Å². The van der Waals surface area contributed by atoms with Gasteiger partial charge in [-0.2, -0.15) is 0 Å². The summed E-state index contributed by atoms with van der Waals surface area (Å²) < 4.78 is 9.54. The first-order valence-corrected chi connectivity index (χ1v) is 7.90. The minimum Gasteiger partial charge on any atom is -0.465 e. The van der Waals surface area contributed by atoms with Crippen LogP contribution in [0.25, 0.3) is 0 Å². The predicted molar refractivity (Wildman–Crippen MR) is 87.9 cm³/mol. The van der Waals surface area contributed by atoms with E-state index < -0.39 is 24.5 Å². The first-order valence-electron chi connectivity index (χ1n) is 7.02. The number of aromatic nitrogens is 1. The molecule has 0 aromatic carbocycles. The topological polar surface area (TPSA) is 94.6 Å². The van der Waals surface area contributed by atoms with Crippen molar-refractivity contribution in [1.82, 2.24) is 4.98 Å². The molecule has 0 aliphatic heterocycles. The number of aryl methyl sites for hydroxylation is 1. The van der Waals surface area contributed by atoms with E-state index in [1.165, 1.54) is 7.11 Å². The molecule has 8 heteroatoms. The Balaban J connectivity index is 1.83. The molecule has 0 aliphatic rings. The SMILES string of the molecule is COC(=O)c1sccc1NC(=O)COC(=O)Cc1ccc(C)nc1. The van der Waals surface area contributed by atoms with E-state index in [0.717, 1.165) is 17.0 Å². The molecule has 0 radical (unpaired) electrons. The maximum absolute atomic E-state index is 11.8. The van der Waals surface area contributed by atoms with Gasteiger partial charge in [0.2, 0.25) is 0 Å². The van der Waals surface area contributed by atoms with Crippen LogP contribution in [0.3, 0.4) is 0 Å². The van der Waals surface area contributed by atoms with E-state index in [9.17, 15) is 14.4 Å². The van der Waals surface area contributed by atoms with E-state index in [1.807, 2.05) is 6.92 Å². The number of methoxy groups -OCH3 is 1. The highest BCUT2D eigenvalue weighted by Gasteiger charge is 2.16. The monoisotopic (exact) mass is 348 g/mol. The molecular weight excluding hydrogens is 332 g/mol. The van der Waals surface area contributed by atoms with Crippen LogP contribution in [0.15, 0.2) is 29.8 Å². The quantitative estimate of drug-likeness (QED) is 0.802. The first-order chi connectivity index (χ1) is 11.5. The number of rotatable bonds is 6. The molecule has 2 rings (SSSR count). The minimum atomic E-state index is -0.538. The summed E-state index contributed by atoms with van der Waals surface area (Å²) in [6.45, 7) is 1.41. The average molecular weight is 348 g/mol. The molecule has 0 atom stereocenters. The normalized spacial score (nSPS) is 10.1. The summed E-state index contributed by atoms with van der Waals surface area (Å²) in [6, 6.07) is 5.15. The summed E-state index contributed by atoms with van der Waals surface area (Å²) in [5.74, 6) is -1.60. The molecule has 2 aromatic heterocycles. The van der Waals surface area contributed by atoms with E-state index in [-0.39, 0.29) is 11.3 Å². The standard InChI is InChI=1S/C16H16N2O5S/c1-10-3-4-11(8-17-10)7-14(20)23-9-13(19)18-12-5-6-24-15(12)16(21)22-2/h3-6,8H,7,9H2,1-2H3,(H,18,19). The molecule has 0 fully saturated rings. The zero-order valence-electron chi connectivity index (χ0n) is 13.2. The third kappa shape index (κ3) is 4.88. The molecule has 0 saturated heterocycles. The Morgan fingerprint density at radius 2 is 2.04 bits per heavy atom. The van der Waals surface area contributed by atoms with Crippen molar-refractivity contribution in [1.29, 1.82) is 0 Å². The fraction of sp³-hybridized carbons (Fsp3) is 0.250. The number of esters is 2. The predicted octanol–water partition coefficient (Wildman–Crippen LogP) is 1.96. The molecular formula is C16H16N2O5S. The van der Waals surface area contributed by atoms with Gasteiger partial charge in [0.05, 0.1) is 19.2 Å². The summed E-state index contributed by atoms with van der Waals surface area (Å²) in [5.41, 5.74) is 1.89. The van der Waals surface area contributed by atoms with Crippen molar-refractivity contribution in [2.24, 2.45) is 0 Å². The van der Waals surface area contributed by atoms with E-state index in [0.29, 0.717) is 11.3 Å². The van der Waals surface area contributed by atoms with Gasteiger partial charge in [-0.1, -0.05) is 6.07 Å². The Bertz CT molecular complexity index is 739. The molecule has 0 unspecified atom stereocenters. The molecule has 0 spiro atoms. The van der Waals surface area contributed by atoms with Gasteiger partial charge >= 0.3 is 11.9 Å². The number of ether oxygens (including phenoxy) is 2. The van der Waals surface area contributed by atoms with Gasteiger partial charge in [0.1, 0.15) is 4.88 Å². The Morgan fingerprint density at radius 1 is 1.25 bits per heavy atom. The summed E-state index contributed by atoms with van der Waals surface area (Å²) in [5, 5.41) is 4.16.